The van der Waals surface area contributed by atoms with Crippen LogP contribution < -0.4 is 0 Å². The molecule has 0 spiro atoms. The number of carbonyl (C=O) groups excluding carboxylic acids is 1. The van der Waals surface area contributed by atoms with Crippen molar-refractivity contribution in [1.82, 2.24) is 0 Å². The van der Waals surface area contributed by atoms with E-state index in [0.29, 0.717) is 4.47 Å². The molecule has 1 rings (SSSR count). The summed E-state index contributed by atoms with van der Waals surface area (Å²) in [5.74, 6) is -0.858. The normalized spacial score (nSPS) is 9.77. The summed E-state index contributed by atoms with van der Waals surface area (Å²) in [7, 11) is 1.22. The number of ether oxygens (including phenoxy) is 1. The van der Waals surface area contributed by atoms with Gasteiger partial charge in [-0.15, -0.1) is 0 Å². The second kappa shape index (κ2) is 3.98. The molecule has 1 aromatic carbocycles. The maximum atomic E-state index is 11.1. The Hall–Kier alpha value is -0.740. The van der Waals surface area contributed by atoms with Gasteiger partial charge in [-0.1, -0.05) is 11.6 Å². The molecule has 0 unspecified atom stereocenters. The fourth-order valence-electron chi connectivity index (χ4n) is 0.837. The van der Waals surface area contributed by atoms with E-state index in [9.17, 15) is 9.90 Å². The standard InChI is InChI=1S/C8H6BrClO3/c1-13-8(12)6-5(11)3-2-4(9)7(6)10/h2-3,11H,1H3. The molecule has 1 aromatic rings. The van der Waals surface area contributed by atoms with Gasteiger partial charge in [0.05, 0.1) is 12.1 Å². The van der Waals surface area contributed by atoms with Gasteiger partial charge >= 0.3 is 5.97 Å². The lowest BCUT2D eigenvalue weighted by atomic mass is 10.2. The Morgan fingerprint density at radius 1 is 1.62 bits per heavy atom. The number of hydrogen-bond donors (Lipinski definition) is 1. The molecule has 0 atom stereocenters. The lowest BCUT2D eigenvalue weighted by Gasteiger charge is -2.05. The van der Waals surface area contributed by atoms with Crippen LogP contribution in [-0.2, 0) is 4.74 Å². The van der Waals surface area contributed by atoms with Crippen LogP contribution in [0.25, 0.3) is 0 Å². The van der Waals surface area contributed by atoms with Gasteiger partial charge in [0, 0.05) is 4.47 Å². The fourth-order valence-corrected chi connectivity index (χ4v) is 1.40. The Morgan fingerprint density at radius 2 is 2.23 bits per heavy atom. The summed E-state index contributed by atoms with van der Waals surface area (Å²) in [6, 6.07) is 2.91. The first-order chi connectivity index (χ1) is 6.07. The van der Waals surface area contributed by atoms with Crippen LogP contribution >= 0.6 is 27.5 Å². The van der Waals surface area contributed by atoms with Gasteiger partial charge in [0.15, 0.2) is 0 Å². The smallest absolute Gasteiger partial charge is 0.343 e. The van der Waals surface area contributed by atoms with Crippen LogP contribution in [0, 0.1) is 0 Å². The zero-order chi connectivity index (χ0) is 10.0. The minimum absolute atomic E-state index is 0.0291. The van der Waals surface area contributed by atoms with Crippen LogP contribution in [0.2, 0.25) is 5.02 Å². The minimum Gasteiger partial charge on any atom is -0.507 e. The monoisotopic (exact) mass is 264 g/mol. The van der Waals surface area contributed by atoms with Crippen molar-refractivity contribution in [3.05, 3.63) is 27.2 Å². The summed E-state index contributed by atoms with van der Waals surface area (Å²) in [4.78, 5) is 11.1. The zero-order valence-corrected chi connectivity index (χ0v) is 9.02. The molecule has 3 nitrogen and oxygen atoms in total. The summed E-state index contributed by atoms with van der Waals surface area (Å²) in [6.07, 6.45) is 0. The van der Waals surface area contributed by atoms with E-state index in [1.54, 1.807) is 6.07 Å². The molecule has 1 N–H and O–H groups in total. The zero-order valence-electron chi connectivity index (χ0n) is 6.67. The van der Waals surface area contributed by atoms with Crippen molar-refractivity contribution in [2.45, 2.75) is 0 Å². The van der Waals surface area contributed by atoms with E-state index in [-0.39, 0.29) is 16.3 Å². The summed E-state index contributed by atoms with van der Waals surface area (Å²) in [6.45, 7) is 0. The van der Waals surface area contributed by atoms with E-state index in [1.807, 2.05) is 0 Å². The maximum Gasteiger partial charge on any atom is 0.343 e. The third kappa shape index (κ3) is 1.95. The number of methoxy groups -OCH3 is 1. The number of halogens is 2. The van der Waals surface area contributed by atoms with Gasteiger partial charge in [-0.3, -0.25) is 0 Å². The van der Waals surface area contributed by atoms with Crippen LogP contribution in [0.3, 0.4) is 0 Å². The van der Waals surface area contributed by atoms with E-state index < -0.39 is 5.97 Å². The van der Waals surface area contributed by atoms with E-state index in [4.69, 9.17) is 11.6 Å². The average molecular weight is 265 g/mol. The second-order valence-corrected chi connectivity index (χ2v) is 3.48. The number of aromatic hydroxyl groups is 1. The topological polar surface area (TPSA) is 46.5 Å². The average Bonchev–Trinajstić information content (AvgIpc) is 2.12. The van der Waals surface area contributed by atoms with Crippen molar-refractivity contribution in [2.75, 3.05) is 7.11 Å². The molecule has 0 amide bonds. The van der Waals surface area contributed by atoms with Gasteiger partial charge in [-0.05, 0) is 28.1 Å². The highest BCUT2D eigenvalue weighted by Gasteiger charge is 2.17. The van der Waals surface area contributed by atoms with Crippen LogP contribution in [0.15, 0.2) is 16.6 Å². The van der Waals surface area contributed by atoms with E-state index in [2.05, 4.69) is 20.7 Å². The van der Waals surface area contributed by atoms with E-state index >= 15 is 0 Å². The molecule has 0 aromatic heterocycles. The second-order valence-electron chi connectivity index (χ2n) is 2.25. The largest absolute Gasteiger partial charge is 0.507 e. The van der Waals surface area contributed by atoms with Gasteiger partial charge in [-0.25, -0.2) is 4.79 Å². The first-order valence-electron chi connectivity index (χ1n) is 3.33. The van der Waals surface area contributed by atoms with E-state index in [0.717, 1.165) is 0 Å². The Balaban J connectivity index is 3.33. The molecule has 5 heteroatoms. The molecule has 0 aliphatic carbocycles. The predicted octanol–water partition coefficient (Wildman–Crippen LogP) is 2.59. The van der Waals surface area contributed by atoms with Crippen molar-refractivity contribution in [2.24, 2.45) is 0 Å². The number of esters is 1. The molecule has 13 heavy (non-hydrogen) atoms. The number of hydrogen-bond acceptors (Lipinski definition) is 3. The Bertz CT molecular complexity index is 351. The van der Waals surface area contributed by atoms with E-state index in [1.165, 1.54) is 13.2 Å². The molecule has 0 fully saturated rings. The van der Waals surface area contributed by atoms with Gasteiger partial charge in [0.25, 0.3) is 0 Å². The number of phenols is 1. The lowest BCUT2D eigenvalue weighted by molar-refractivity contribution is 0.0597. The van der Waals surface area contributed by atoms with Crippen LogP contribution in [0.4, 0.5) is 0 Å². The van der Waals surface area contributed by atoms with Gasteiger partial charge in [0.1, 0.15) is 11.3 Å². The molecule has 0 aliphatic rings. The van der Waals surface area contributed by atoms with Crippen molar-refractivity contribution in [3.8, 4) is 5.75 Å². The van der Waals surface area contributed by atoms with Crippen molar-refractivity contribution in [1.29, 1.82) is 0 Å². The SMILES string of the molecule is COC(=O)c1c(O)ccc(Br)c1Cl. The Morgan fingerprint density at radius 3 is 2.77 bits per heavy atom. The number of phenolic OH excluding ortho intramolecular Hbond substituents is 1. The maximum absolute atomic E-state index is 11.1. The Kier molecular flexibility index (Phi) is 3.17. The number of rotatable bonds is 1. The third-order valence-electron chi connectivity index (χ3n) is 1.46. The van der Waals surface area contributed by atoms with Gasteiger partial charge in [0.2, 0.25) is 0 Å². The number of benzene rings is 1. The van der Waals surface area contributed by atoms with Gasteiger partial charge in [-0.2, -0.15) is 0 Å². The highest BCUT2D eigenvalue weighted by molar-refractivity contribution is 9.10. The molecule has 0 heterocycles. The predicted molar refractivity (Wildman–Crippen MR) is 52.2 cm³/mol. The quantitative estimate of drug-likeness (QED) is 0.794. The summed E-state index contributed by atoms with van der Waals surface area (Å²) < 4.78 is 4.98. The van der Waals surface area contributed by atoms with Gasteiger partial charge < -0.3 is 9.84 Å². The molecule has 0 bridgehead atoms. The molecular weight excluding hydrogens is 259 g/mol. The molecule has 0 saturated heterocycles. The molecule has 70 valence electrons. The lowest BCUT2D eigenvalue weighted by Crippen LogP contribution is -2.02. The highest BCUT2D eigenvalue weighted by Crippen LogP contribution is 2.32. The summed E-state index contributed by atoms with van der Waals surface area (Å²) in [5, 5.41) is 9.46. The fraction of sp³-hybridized carbons (Fsp3) is 0.125. The third-order valence-corrected chi connectivity index (χ3v) is 2.74. The van der Waals surface area contributed by atoms with Crippen LogP contribution in [0.5, 0.6) is 5.75 Å². The van der Waals surface area contributed by atoms with Crippen LogP contribution in [0.1, 0.15) is 10.4 Å². The molecular formula is C8H6BrClO3. The minimum atomic E-state index is -0.663. The first-order valence-corrected chi connectivity index (χ1v) is 4.50. The number of carbonyl (C=O) groups is 1. The molecule has 0 aliphatic heterocycles. The van der Waals surface area contributed by atoms with Crippen molar-refractivity contribution >= 4 is 33.5 Å². The molecule has 0 radical (unpaired) electrons. The highest BCUT2D eigenvalue weighted by atomic mass is 79.9. The Labute approximate surface area is 88.4 Å². The summed E-state index contributed by atoms with van der Waals surface area (Å²) >= 11 is 8.89. The summed E-state index contributed by atoms with van der Waals surface area (Å²) in [5.41, 5.74) is -0.0291. The first kappa shape index (κ1) is 10.3. The molecule has 0 saturated carbocycles. The van der Waals surface area contributed by atoms with Crippen molar-refractivity contribution < 1.29 is 14.6 Å². The van der Waals surface area contributed by atoms with Crippen molar-refractivity contribution in [3.63, 3.8) is 0 Å². The van der Waals surface area contributed by atoms with Crippen LogP contribution in [-0.4, -0.2) is 18.2 Å².